The summed E-state index contributed by atoms with van der Waals surface area (Å²) in [5, 5.41) is 6.07. The van der Waals surface area contributed by atoms with Crippen LogP contribution in [0.4, 0.5) is 4.79 Å². The molecule has 1 aliphatic heterocycles. The lowest BCUT2D eigenvalue weighted by molar-refractivity contribution is 0.174. The molecule has 0 aromatic heterocycles. The first kappa shape index (κ1) is 22.3. The van der Waals surface area contributed by atoms with Crippen LogP contribution in [0.15, 0.2) is 66.7 Å². The molecule has 3 aromatic rings. The third kappa shape index (κ3) is 6.10. The van der Waals surface area contributed by atoms with Crippen LogP contribution in [0, 0.1) is 0 Å². The van der Waals surface area contributed by atoms with Crippen molar-refractivity contribution in [2.75, 3.05) is 21.0 Å². The highest BCUT2D eigenvalue weighted by atomic mass is 16.7. The maximum absolute atomic E-state index is 12.7. The number of hydrogen-bond acceptors (Lipinski definition) is 5. The SMILES string of the molecule is COc1ccc(CC(Cc2ccc3c(c2)OCO3)NC(=O)NCc2cccc(OC)c2)cc1. The zero-order valence-corrected chi connectivity index (χ0v) is 18.8. The van der Waals surface area contributed by atoms with Crippen molar-refractivity contribution in [2.45, 2.75) is 25.4 Å². The van der Waals surface area contributed by atoms with Crippen LogP contribution in [0.5, 0.6) is 23.0 Å². The molecule has 0 radical (unpaired) electrons. The van der Waals surface area contributed by atoms with Crippen LogP contribution in [-0.4, -0.2) is 33.1 Å². The van der Waals surface area contributed by atoms with Crippen molar-refractivity contribution in [3.8, 4) is 23.0 Å². The number of fused-ring (bicyclic) bond motifs is 1. The predicted molar refractivity (Wildman–Crippen MR) is 125 cm³/mol. The minimum atomic E-state index is -0.225. The first-order valence-electron chi connectivity index (χ1n) is 10.8. The van der Waals surface area contributed by atoms with Crippen molar-refractivity contribution in [3.05, 3.63) is 83.4 Å². The third-order valence-corrected chi connectivity index (χ3v) is 5.48. The summed E-state index contributed by atoms with van der Waals surface area (Å²) >= 11 is 0. The average Bonchev–Trinajstić information content (AvgIpc) is 3.31. The summed E-state index contributed by atoms with van der Waals surface area (Å²) in [5.41, 5.74) is 3.13. The van der Waals surface area contributed by atoms with Gasteiger partial charge >= 0.3 is 6.03 Å². The van der Waals surface area contributed by atoms with E-state index in [1.54, 1.807) is 14.2 Å². The first-order valence-corrected chi connectivity index (χ1v) is 10.8. The number of carbonyl (C=O) groups is 1. The maximum Gasteiger partial charge on any atom is 0.315 e. The molecule has 7 nitrogen and oxygen atoms in total. The summed E-state index contributed by atoms with van der Waals surface area (Å²) in [6.45, 7) is 0.640. The van der Waals surface area contributed by atoms with Gasteiger partial charge in [-0.05, 0) is 65.9 Å². The number of ether oxygens (including phenoxy) is 4. The molecular weight excluding hydrogens is 420 g/mol. The van der Waals surface area contributed by atoms with Gasteiger partial charge in [0.25, 0.3) is 0 Å². The molecule has 1 heterocycles. The minimum Gasteiger partial charge on any atom is -0.497 e. The summed E-state index contributed by atoms with van der Waals surface area (Å²) in [4.78, 5) is 12.7. The van der Waals surface area contributed by atoms with Gasteiger partial charge in [0.05, 0.1) is 14.2 Å². The Hall–Kier alpha value is -3.87. The van der Waals surface area contributed by atoms with E-state index in [0.29, 0.717) is 19.4 Å². The van der Waals surface area contributed by atoms with E-state index in [9.17, 15) is 4.79 Å². The summed E-state index contributed by atoms with van der Waals surface area (Å²) in [6, 6.07) is 21.1. The minimum absolute atomic E-state index is 0.121. The molecule has 1 atom stereocenters. The van der Waals surface area contributed by atoms with E-state index < -0.39 is 0 Å². The fourth-order valence-corrected chi connectivity index (χ4v) is 3.77. The zero-order valence-electron chi connectivity index (χ0n) is 18.8. The largest absolute Gasteiger partial charge is 0.497 e. The molecule has 172 valence electrons. The highest BCUT2D eigenvalue weighted by Gasteiger charge is 2.18. The normalized spacial score (nSPS) is 12.7. The van der Waals surface area contributed by atoms with E-state index >= 15 is 0 Å². The molecular formula is C26H28N2O5. The Bertz CT molecular complexity index is 1080. The van der Waals surface area contributed by atoms with Crippen molar-refractivity contribution in [1.82, 2.24) is 10.6 Å². The van der Waals surface area contributed by atoms with Crippen LogP contribution in [-0.2, 0) is 19.4 Å². The highest BCUT2D eigenvalue weighted by molar-refractivity contribution is 5.74. The standard InChI is InChI=1S/C26H28N2O5/c1-30-22-9-6-18(7-10-22)12-21(13-19-8-11-24-25(15-19)33-17-32-24)28-26(29)27-16-20-4-3-5-23(14-20)31-2/h3-11,14-15,21H,12-13,16-17H2,1-2H3,(H2,27,28,29). The third-order valence-electron chi connectivity index (χ3n) is 5.48. The number of methoxy groups -OCH3 is 2. The van der Waals surface area contributed by atoms with Gasteiger partial charge in [0.15, 0.2) is 11.5 Å². The molecule has 2 amide bonds. The first-order chi connectivity index (χ1) is 16.1. The second kappa shape index (κ2) is 10.6. The molecule has 0 aliphatic carbocycles. The molecule has 4 rings (SSSR count). The van der Waals surface area contributed by atoms with Gasteiger partial charge in [-0.15, -0.1) is 0 Å². The quantitative estimate of drug-likeness (QED) is 0.516. The molecule has 1 unspecified atom stereocenters. The molecule has 0 saturated heterocycles. The van der Waals surface area contributed by atoms with E-state index in [1.807, 2.05) is 66.7 Å². The van der Waals surface area contributed by atoms with E-state index in [0.717, 1.165) is 39.7 Å². The van der Waals surface area contributed by atoms with Crippen molar-refractivity contribution in [2.24, 2.45) is 0 Å². The van der Waals surface area contributed by atoms with Crippen molar-refractivity contribution >= 4 is 6.03 Å². The fourth-order valence-electron chi connectivity index (χ4n) is 3.77. The number of benzene rings is 3. The van der Waals surface area contributed by atoms with Crippen LogP contribution < -0.4 is 29.6 Å². The Morgan fingerprint density at radius 1 is 0.848 bits per heavy atom. The molecule has 7 heteroatoms. The Balaban J connectivity index is 1.43. The molecule has 33 heavy (non-hydrogen) atoms. The summed E-state index contributed by atoms with van der Waals surface area (Å²) in [7, 11) is 3.27. The molecule has 2 N–H and O–H groups in total. The van der Waals surface area contributed by atoms with Gasteiger partial charge in [0.2, 0.25) is 6.79 Å². The summed E-state index contributed by atoms with van der Waals surface area (Å²) in [5.74, 6) is 3.04. The lowest BCUT2D eigenvalue weighted by Crippen LogP contribution is -2.43. The van der Waals surface area contributed by atoms with Crippen LogP contribution in [0.2, 0.25) is 0 Å². The van der Waals surface area contributed by atoms with Gasteiger partial charge in [-0.1, -0.05) is 30.3 Å². The van der Waals surface area contributed by atoms with E-state index in [1.165, 1.54) is 0 Å². The van der Waals surface area contributed by atoms with Crippen LogP contribution in [0.3, 0.4) is 0 Å². The van der Waals surface area contributed by atoms with E-state index in [-0.39, 0.29) is 18.9 Å². The zero-order chi connectivity index (χ0) is 23.0. The van der Waals surface area contributed by atoms with E-state index in [2.05, 4.69) is 10.6 Å². The maximum atomic E-state index is 12.7. The Kier molecular flexibility index (Phi) is 7.19. The van der Waals surface area contributed by atoms with Crippen LogP contribution in [0.25, 0.3) is 0 Å². The second-order valence-corrected chi connectivity index (χ2v) is 7.82. The Morgan fingerprint density at radius 3 is 2.36 bits per heavy atom. The monoisotopic (exact) mass is 448 g/mol. The smallest absolute Gasteiger partial charge is 0.315 e. The lowest BCUT2D eigenvalue weighted by Gasteiger charge is -2.20. The molecule has 0 saturated carbocycles. The number of rotatable bonds is 9. The lowest BCUT2D eigenvalue weighted by atomic mass is 9.98. The van der Waals surface area contributed by atoms with Gasteiger partial charge < -0.3 is 29.6 Å². The van der Waals surface area contributed by atoms with Crippen molar-refractivity contribution in [3.63, 3.8) is 0 Å². The second-order valence-electron chi connectivity index (χ2n) is 7.82. The number of amides is 2. The number of urea groups is 1. The van der Waals surface area contributed by atoms with Gasteiger partial charge in [0, 0.05) is 12.6 Å². The molecule has 1 aliphatic rings. The van der Waals surface area contributed by atoms with Crippen LogP contribution >= 0.6 is 0 Å². The van der Waals surface area contributed by atoms with Gasteiger partial charge in [-0.2, -0.15) is 0 Å². The number of nitrogens with one attached hydrogen (secondary N) is 2. The molecule has 3 aromatic carbocycles. The van der Waals surface area contributed by atoms with E-state index in [4.69, 9.17) is 18.9 Å². The highest BCUT2D eigenvalue weighted by Crippen LogP contribution is 2.33. The summed E-state index contributed by atoms with van der Waals surface area (Å²) in [6.07, 6.45) is 1.32. The Labute approximate surface area is 193 Å². The summed E-state index contributed by atoms with van der Waals surface area (Å²) < 4.78 is 21.4. The predicted octanol–water partition coefficient (Wildman–Crippen LogP) is 4.09. The molecule has 0 spiro atoms. The fraction of sp³-hybridized carbons (Fsp3) is 0.269. The van der Waals surface area contributed by atoms with Crippen molar-refractivity contribution < 1.29 is 23.7 Å². The Morgan fingerprint density at radius 2 is 1.58 bits per heavy atom. The topological polar surface area (TPSA) is 78.0 Å². The van der Waals surface area contributed by atoms with Crippen LogP contribution in [0.1, 0.15) is 16.7 Å². The molecule has 0 bridgehead atoms. The average molecular weight is 449 g/mol. The number of hydrogen-bond donors (Lipinski definition) is 2. The van der Waals surface area contributed by atoms with Gasteiger partial charge in [-0.25, -0.2) is 4.79 Å². The number of carbonyl (C=O) groups excluding carboxylic acids is 1. The molecule has 0 fully saturated rings. The van der Waals surface area contributed by atoms with Gasteiger partial charge in [-0.3, -0.25) is 0 Å². The van der Waals surface area contributed by atoms with Crippen molar-refractivity contribution in [1.29, 1.82) is 0 Å². The van der Waals surface area contributed by atoms with Gasteiger partial charge in [0.1, 0.15) is 11.5 Å².